The number of rotatable bonds is 10. The van der Waals surface area contributed by atoms with E-state index in [9.17, 15) is 0 Å². The molecule has 37 heavy (non-hydrogen) atoms. The van der Waals surface area contributed by atoms with Crippen LogP contribution in [0.25, 0.3) is 21.9 Å². The molecule has 0 aliphatic heterocycles. The van der Waals surface area contributed by atoms with Gasteiger partial charge in [0.15, 0.2) is 5.82 Å². The van der Waals surface area contributed by atoms with E-state index in [4.69, 9.17) is 15.7 Å². The summed E-state index contributed by atoms with van der Waals surface area (Å²) in [6, 6.07) is 27.7. The predicted molar refractivity (Wildman–Crippen MR) is 156 cm³/mol. The molecule has 0 saturated carbocycles. The van der Waals surface area contributed by atoms with Crippen molar-refractivity contribution in [1.29, 1.82) is 0 Å². The fraction of sp³-hybridized carbons (Fsp3) is 0.312. The van der Waals surface area contributed by atoms with Crippen molar-refractivity contribution >= 4 is 33.7 Å². The Bertz CT molecular complexity index is 1430. The second kappa shape index (κ2) is 11.0. The number of aromatic nitrogens is 3. The Balaban J connectivity index is 1.76. The average Bonchev–Trinajstić information content (AvgIpc) is 3.22. The lowest BCUT2D eigenvalue weighted by molar-refractivity contribution is 0.538. The Morgan fingerprint density at radius 2 is 1.49 bits per heavy atom. The Morgan fingerprint density at radius 1 is 0.838 bits per heavy atom. The number of fused-ring (bicyclic) bond motifs is 3. The minimum atomic E-state index is 0.443. The molecule has 0 atom stereocenters. The van der Waals surface area contributed by atoms with Gasteiger partial charge >= 0.3 is 0 Å². The van der Waals surface area contributed by atoms with Crippen LogP contribution in [-0.4, -0.2) is 14.5 Å². The van der Waals surface area contributed by atoms with Crippen LogP contribution in [-0.2, 0) is 26.1 Å². The van der Waals surface area contributed by atoms with Gasteiger partial charge in [0.05, 0.1) is 11.0 Å². The van der Waals surface area contributed by atoms with E-state index < -0.39 is 0 Å². The normalized spacial score (nSPS) is 11.6. The number of benzene rings is 3. The molecular formula is C32H37N5. The third kappa shape index (κ3) is 5.31. The zero-order chi connectivity index (χ0) is 25.8. The maximum atomic E-state index is 6.62. The van der Waals surface area contributed by atoms with E-state index in [1.54, 1.807) is 0 Å². The van der Waals surface area contributed by atoms with Gasteiger partial charge in [-0.15, -0.1) is 0 Å². The highest BCUT2D eigenvalue weighted by molar-refractivity contribution is 6.09. The maximum absolute atomic E-state index is 6.62. The number of unbranched alkanes of at least 4 members (excludes halogenated alkanes) is 1. The van der Waals surface area contributed by atoms with Crippen molar-refractivity contribution in [2.75, 3.05) is 10.6 Å². The number of anilines is 2. The lowest BCUT2D eigenvalue weighted by Crippen LogP contribution is -2.23. The summed E-state index contributed by atoms with van der Waals surface area (Å²) in [5, 5.41) is 1.19. The zero-order valence-electron chi connectivity index (χ0n) is 22.2. The van der Waals surface area contributed by atoms with E-state index in [0.29, 0.717) is 11.9 Å². The second-order valence-electron chi connectivity index (χ2n) is 10.3. The summed E-state index contributed by atoms with van der Waals surface area (Å²) in [5.41, 5.74) is 13.4. The highest BCUT2D eigenvalue weighted by atomic mass is 15.2. The maximum Gasteiger partial charge on any atom is 0.201 e. The third-order valence-corrected chi connectivity index (χ3v) is 6.88. The molecule has 0 unspecified atom stereocenters. The number of nitrogens with two attached hydrogens (primary N) is 1. The van der Waals surface area contributed by atoms with Crippen LogP contribution in [0.2, 0.25) is 0 Å². The molecule has 0 amide bonds. The van der Waals surface area contributed by atoms with Gasteiger partial charge in [0.2, 0.25) is 5.95 Å². The van der Waals surface area contributed by atoms with Crippen LogP contribution < -0.4 is 10.6 Å². The molecule has 0 aliphatic rings. The average molecular weight is 492 g/mol. The molecule has 5 rings (SSSR count). The highest BCUT2D eigenvalue weighted by Crippen LogP contribution is 2.36. The second-order valence-corrected chi connectivity index (χ2v) is 10.3. The van der Waals surface area contributed by atoms with Crippen LogP contribution in [0.15, 0.2) is 78.9 Å². The Hall–Kier alpha value is -3.86. The van der Waals surface area contributed by atoms with E-state index in [0.717, 1.165) is 61.3 Å². The summed E-state index contributed by atoms with van der Waals surface area (Å²) in [6.07, 6.45) is 3.32. The number of aryl methyl sites for hydroxylation is 1. The number of nitrogens with zero attached hydrogens (tertiary/aromatic N) is 4. The molecule has 3 aromatic carbocycles. The van der Waals surface area contributed by atoms with Crippen molar-refractivity contribution in [3.05, 3.63) is 95.6 Å². The molecule has 2 aromatic heterocycles. The monoisotopic (exact) mass is 491 g/mol. The Morgan fingerprint density at radius 3 is 2.08 bits per heavy atom. The van der Waals surface area contributed by atoms with Gasteiger partial charge in [-0.3, -0.25) is 0 Å². The highest BCUT2D eigenvalue weighted by Gasteiger charge is 2.23. The van der Waals surface area contributed by atoms with Crippen LogP contribution in [0, 0.1) is 5.92 Å². The van der Waals surface area contributed by atoms with Crippen LogP contribution >= 0.6 is 0 Å². The van der Waals surface area contributed by atoms with Gasteiger partial charge in [0, 0.05) is 25.0 Å². The Kier molecular flexibility index (Phi) is 7.40. The molecule has 0 spiro atoms. The van der Waals surface area contributed by atoms with Gasteiger partial charge in [0.1, 0.15) is 5.52 Å². The van der Waals surface area contributed by atoms with E-state index in [-0.39, 0.29) is 0 Å². The van der Waals surface area contributed by atoms with Crippen LogP contribution in [0.3, 0.4) is 0 Å². The first-order chi connectivity index (χ1) is 18.0. The van der Waals surface area contributed by atoms with Crippen molar-refractivity contribution in [3.8, 4) is 0 Å². The van der Waals surface area contributed by atoms with Crippen LogP contribution in [0.4, 0.5) is 11.8 Å². The largest absolute Gasteiger partial charge is 0.369 e. The quantitative estimate of drug-likeness (QED) is 0.221. The molecule has 190 valence electrons. The molecule has 0 radical (unpaired) electrons. The first kappa shape index (κ1) is 24.8. The Labute approximate surface area is 220 Å². The fourth-order valence-corrected chi connectivity index (χ4v) is 5.16. The standard InChI is InChI=1S/C32H37N5/c1-4-5-17-26-18-12-19-27-28(26)30-29(35-32(33)37(30)20-23(2)3)31(34-27)36(21-24-13-8-6-9-14-24)22-25-15-10-7-11-16-25/h6-16,18-19,23H,4-5,17,20-22H2,1-3H3,(H2,33,35). The molecule has 0 saturated heterocycles. The number of hydrogen-bond donors (Lipinski definition) is 1. The summed E-state index contributed by atoms with van der Waals surface area (Å²) >= 11 is 0. The molecule has 5 nitrogen and oxygen atoms in total. The minimum absolute atomic E-state index is 0.443. The van der Waals surface area contributed by atoms with Gasteiger partial charge in [-0.1, -0.05) is 100.0 Å². The van der Waals surface area contributed by atoms with Crippen molar-refractivity contribution in [2.24, 2.45) is 5.92 Å². The van der Waals surface area contributed by atoms with E-state index >= 15 is 0 Å². The molecular weight excluding hydrogens is 454 g/mol. The van der Waals surface area contributed by atoms with Gasteiger partial charge in [-0.25, -0.2) is 9.97 Å². The lowest BCUT2D eigenvalue weighted by atomic mass is 10.0. The topological polar surface area (TPSA) is 60.0 Å². The number of pyridine rings is 1. The summed E-state index contributed by atoms with van der Waals surface area (Å²) in [6.45, 7) is 8.98. The van der Waals surface area contributed by atoms with Crippen molar-refractivity contribution < 1.29 is 0 Å². The van der Waals surface area contributed by atoms with Crippen LogP contribution in [0.1, 0.15) is 50.3 Å². The summed E-state index contributed by atoms with van der Waals surface area (Å²) in [7, 11) is 0. The predicted octanol–water partition coefficient (Wildman–Crippen LogP) is 7.37. The van der Waals surface area contributed by atoms with Gasteiger partial charge in [-0.2, -0.15) is 0 Å². The minimum Gasteiger partial charge on any atom is -0.369 e. The lowest BCUT2D eigenvalue weighted by Gasteiger charge is -2.25. The van der Waals surface area contributed by atoms with Crippen molar-refractivity contribution in [1.82, 2.24) is 14.5 Å². The number of imidazole rings is 1. The molecule has 2 N–H and O–H groups in total. The summed E-state index contributed by atoms with van der Waals surface area (Å²) < 4.78 is 2.21. The molecule has 0 aliphatic carbocycles. The molecule has 0 bridgehead atoms. The molecule has 5 heteroatoms. The summed E-state index contributed by atoms with van der Waals surface area (Å²) in [4.78, 5) is 12.6. The van der Waals surface area contributed by atoms with E-state index in [1.165, 1.54) is 22.1 Å². The molecule has 0 fully saturated rings. The number of hydrogen-bond acceptors (Lipinski definition) is 4. The number of nitrogen functional groups attached to an aromatic ring is 1. The molecule has 2 heterocycles. The first-order valence-electron chi connectivity index (χ1n) is 13.4. The van der Waals surface area contributed by atoms with E-state index in [1.807, 2.05) is 0 Å². The van der Waals surface area contributed by atoms with E-state index in [2.05, 4.69) is 109 Å². The smallest absolute Gasteiger partial charge is 0.201 e. The van der Waals surface area contributed by atoms with Crippen molar-refractivity contribution in [3.63, 3.8) is 0 Å². The molecule has 5 aromatic rings. The van der Waals surface area contributed by atoms with Crippen LogP contribution in [0.5, 0.6) is 0 Å². The van der Waals surface area contributed by atoms with Gasteiger partial charge in [-0.05, 0) is 41.5 Å². The summed E-state index contributed by atoms with van der Waals surface area (Å²) in [5.74, 6) is 1.89. The SMILES string of the molecule is CCCCc1cccc2nc(N(Cc3ccccc3)Cc3ccccc3)c3nc(N)n(CC(C)C)c3c12. The first-order valence-corrected chi connectivity index (χ1v) is 13.4. The van der Waals surface area contributed by atoms with Crippen molar-refractivity contribution in [2.45, 2.75) is 59.7 Å². The van der Waals surface area contributed by atoms with Gasteiger partial charge < -0.3 is 15.2 Å². The third-order valence-electron chi connectivity index (χ3n) is 6.88. The fourth-order valence-electron chi connectivity index (χ4n) is 5.16. The zero-order valence-corrected chi connectivity index (χ0v) is 22.2. The van der Waals surface area contributed by atoms with Gasteiger partial charge in [0.25, 0.3) is 0 Å².